The summed E-state index contributed by atoms with van der Waals surface area (Å²) in [5, 5.41) is 5.51. The molecule has 3 rings (SSSR count). The molecule has 2 aromatic rings. The van der Waals surface area contributed by atoms with Crippen molar-refractivity contribution >= 4 is 22.4 Å². The van der Waals surface area contributed by atoms with Gasteiger partial charge < -0.3 is 10.1 Å². The molecule has 0 saturated heterocycles. The maximum absolute atomic E-state index is 12.6. The smallest absolute Gasteiger partial charge is 0.229 e. The van der Waals surface area contributed by atoms with Crippen molar-refractivity contribution in [2.24, 2.45) is 11.8 Å². The van der Waals surface area contributed by atoms with Gasteiger partial charge in [0.05, 0.1) is 6.61 Å². The number of aromatic nitrogens is 1. The summed E-state index contributed by atoms with van der Waals surface area (Å²) in [7, 11) is 0. The predicted octanol–water partition coefficient (Wildman–Crippen LogP) is 4.93. The SMILES string of the molecule is CCCOc1cc(C)c2c(c1C)C[C@H]([C@@H](C)C(=O)Nc1nccs1)CC2. The molecule has 2 atom stereocenters. The van der Waals surface area contributed by atoms with Gasteiger partial charge in [0.15, 0.2) is 5.13 Å². The van der Waals surface area contributed by atoms with E-state index >= 15 is 0 Å². The topological polar surface area (TPSA) is 51.2 Å². The Bertz CT molecular complexity index is 771. The molecule has 0 radical (unpaired) electrons. The Labute approximate surface area is 160 Å². The number of amides is 1. The van der Waals surface area contributed by atoms with E-state index in [9.17, 15) is 4.79 Å². The molecule has 1 heterocycles. The number of hydrogen-bond donors (Lipinski definition) is 1. The molecular weight excluding hydrogens is 344 g/mol. The normalized spacial score (nSPS) is 17.5. The van der Waals surface area contributed by atoms with Crippen LogP contribution in [0, 0.1) is 25.7 Å². The summed E-state index contributed by atoms with van der Waals surface area (Å²) in [5.41, 5.74) is 5.41. The van der Waals surface area contributed by atoms with Crippen LogP contribution in [-0.4, -0.2) is 17.5 Å². The average molecular weight is 373 g/mol. The first-order chi connectivity index (χ1) is 12.5. The van der Waals surface area contributed by atoms with Crippen LogP contribution in [0.5, 0.6) is 5.75 Å². The fourth-order valence-corrected chi connectivity index (χ4v) is 4.36. The van der Waals surface area contributed by atoms with Crippen LogP contribution in [0.4, 0.5) is 5.13 Å². The van der Waals surface area contributed by atoms with Crippen molar-refractivity contribution in [3.63, 3.8) is 0 Å². The van der Waals surface area contributed by atoms with Crippen LogP contribution in [0.3, 0.4) is 0 Å². The zero-order chi connectivity index (χ0) is 18.7. The number of fused-ring (bicyclic) bond motifs is 1. The molecule has 1 aliphatic carbocycles. The summed E-state index contributed by atoms with van der Waals surface area (Å²) in [6.45, 7) is 9.24. The van der Waals surface area contributed by atoms with Crippen LogP contribution in [0.25, 0.3) is 0 Å². The summed E-state index contributed by atoms with van der Waals surface area (Å²) < 4.78 is 5.96. The molecule has 26 heavy (non-hydrogen) atoms. The van der Waals surface area contributed by atoms with E-state index < -0.39 is 0 Å². The first-order valence-corrected chi connectivity index (χ1v) is 10.3. The highest BCUT2D eigenvalue weighted by atomic mass is 32.1. The Balaban J connectivity index is 1.77. The van der Waals surface area contributed by atoms with Crippen LogP contribution in [0.15, 0.2) is 17.6 Å². The lowest BCUT2D eigenvalue weighted by atomic mass is 9.75. The molecule has 0 aliphatic heterocycles. The Morgan fingerprint density at radius 1 is 1.42 bits per heavy atom. The van der Waals surface area contributed by atoms with Crippen molar-refractivity contribution in [1.29, 1.82) is 0 Å². The lowest BCUT2D eigenvalue weighted by Crippen LogP contribution is -2.31. The Kier molecular flexibility index (Phi) is 5.97. The average Bonchev–Trinajstić information content (AvgIpc) is 3.15. The summed E-state index contributed by atoms with van der Waals surface area (Å²) in [5.74, 6) is 1.39. The Hall–Kier alpha value is -1.88. The standard InChI is InChI=1S/C21H28N2O2S/c1-5-9-25-19-11-13(2)17-7-6-16(12-18(17)15(19)4)14(3)20(24)23-21-22-8-10-26-21/h8,10-11,14,16H,5-7,9,12H2,1-4H3,(H,22,23,24)/t14-,16-/m1/s1. The first-order valence-electron chi connectivity index (χ1n) is 9.46. The van der Waals surface area contributed by atoms with Crippen molar-refractivity contribution in [2.45, 2.75) is 53.4 Å². The number of benzene rings is 1. The third-order valence-electron chi connectivity index (χ3n) is 5.49. The predicted molar refractivity (Wildman–Crippen MR) is 107 cm³/mol. The summed E-state index contributed by atoms with van der Waals surface area (Å²) >= 11 is 1.46. The lowest BCUT2D eigenvalue weighted by Gasteiger charge is -2.31. The fourth-order valence-electron chi connectivity index (χ4n) is 3.83. The van der Waals surface area contributed by atoms with Gasteiger partial charge in [-0.2, -0.15) is 0 Å². The second-order valence-corrected chi connectivity index (χ2v) is 8.13. The van der Waals surface area contributed by atoms with Crippen LogP contribution in [-0.2, 0) is 17.6 Å². The van der Waals surface area contributed by atoms with Gasteiger partial charge in [-0.3, -0.25) is 4.79 Å². The maximum Gasteiger partial charge on any atom is 0.229 e. The molecule has 1 aliphatic rings. The Morgan fingerprint density at radius 2 is 2.23 bits per heavy atom. The third kappa shape index (κ3) is 3.93. The number of nitrogens with one attached hydrogen (secondary N) is 1. The molecule has 1 aromatic carbocycles. The number of nitrogens with zero attached hydrogens (tertiary/aromatic N) is 1. The highest BCUT2D eigenvalue weighted by Gasteiger charge is 2.30. The van der Waals surface area contributed by atoms with Crippen molar-refractivity contribution in [2.75, 3.05) is 11.9 Å². The van der Waals surface area contributed by atoms with Gasteiger partial charge in [0.25, 0.3) is 0 Å². The fraction of sp³-hybridized carbons (Fsp3) is 0.524. The summed E-state index contributed by atoms with van der Waals surface area (Å²) in [6, 6.07) is 2.18. The van der Waals surface area contributed by atoms with Crippen LogP contribution < -0.4 is 10.1 Å². The zero-order valence-corrected chi connectivity index (χ0v) is 16.9. The van der Waals surface area contributed by atoms with Crippen molar-refractivity contribution in [3.05, 3.63) is 39.9 Å². The van der Waals surface area contributed by atoms with Crippen LogP contribution >= 0.6 is 11.3 Å². The second-order valence-electron chi connectivity index (χ2n) is 7.24. The van der Waals surface area contributed by atoms with Gasteiger partial charge in [-0.05, 0) is 73.8 Å². The Morgan fingerprint density at radius 3 is 2.92 bits per heavy atom. The van der Waals surface area contributed by atoms with E-state index in [2.05, 4.69) is 37.1 Å². The minimum absolute atomic E-state index is 0.0352. The molecule has 0 bridgehead atoms. The van der Waals surface area contributed by atoms with Crippen molar-refractivity contribution in [1.82, 2.24) is 4.98 Å². The van der Waals surface area contributed by atoms with Gasteiger partial charge in [-0.15, -0.1) is 11.3 Å². The van der Waals surface area contributed by atoms with Gasteiger partial charge in [-0.1, -0.05) is 13.8 Å². The van der Waals surface area contributed by atoms with E-state index in [0.29, 0.717) is 11.0 Å². The minimum atomic E-state index is -0.0352. The monoisotopic (exact) mass is 372 g/mol. The van der Waals surface area contributed by atoms with E-state index in [1.54, 1.807) is 6.20 Å². The number of ether oxygens (including phenoxy) is 1. The molecule has 5 heteroatoms. The van der Waals surface area contributed by atoms with E-state index in [-0.39, 0.29) is 11.8 Å². The number of rotatable bonds is 6. The number of hydrogen-bond acceptors (Lipinski definition) is 4. The van der Waals surface area contributed by atoms with Crippen molar-refractivity contribution < 1.29 is 9.53 Å². The minimum Gasteiger partial charge on any atom is -0.493 e. The van der Waals surface area contributed by atoms with E-state index in [0.717, 1.165) is 38.0 Å². The quantitative estimate of drug-likeness (QED) is 0.782. The van der Waals surface area contributed by atoms with E-state index in [4.69, 9.17) is 4.74 Å². The van der Waals surface area contributed by atoms with Crippen molar-refractivity contribution in [3.8, 4) is 5.75 Å². The molecule has 4 nitrogen and oxygen atoms in total. The highest BCUT2D eigenvalue weighted by Crippen LogP contribution is 2.38. The largest absolute Gasteiger partial charge is 0.493 e. The number of aryl methyl sites for hydroxylation is 1. The molecule has 1 amide bonds. The van der Waals surface area contributed by atoms with E-state index in [1.807, 2.05) is 12.3 Å². The summed E-state index contributed by atoms with van der Waals surface area (Å²) in [6.07, 6.45) is 5.75. The zero-order valence-electron chi connectivity index (χ0n) is 16.1. The molecule has 0 saturated carbocycles. The molecule has 1 N–H and O–H groups in total. The lowest BCUT2D eigenvalue weighted by molar-refractivity contribution is -0.121. The molecule has 0 unspecified atom stereocenters. The van der Waals surface area contributed by atoms with Crippen LogP contribution in [0.1, 0.15) is 48.9 Å². The van der Waals surface area contributed by atoms with Gasteiger partial charge in [0, 0.05) is 17.5 Å². The number of carbonyl (C=O) groups is 1. The van der Waals surface area contributed by atoms with Gasteiger partial charge in [-0.25, -0.2) is 4.98 Å². The molecular formula is C21H28N2O2S. The molecule has 1 aromatic heterocycles. The molecule has 0 spiro atoms. The highest BCUT2D eigenvalue weighted by molar-refractivity contribution is 7.13. The van der Waals surface area contributed by atoms with E-state index in [1.165, 1.54) is 33.6 Å². The number of carbonyl (C=O) groups excluding carboxylic acids is 1. The second kappa shape index (κ2) is 8.21. The first kappa shape index (κ1) is 18.9. The third-order valence-corrected chi connectivity index (χ3v) is 6.17. The summed E-state index contributed by atoms with van der Waals surface area (Å²) in [4.78, 5) is 16.8. The van der Waals surface area contributed by atoms with Gasteiger partial charge >= 0.3 is 0 Å². The van der Waals surface area contributed by atoms with Crippen LogP contribution in [0.2, 0.25) is 0 Å². The number of thiazole rings is 1. The van der Waals surface area contributed by atoms with Gasteiger partial charge in [0.1, 0.15) is 5.75 Å². The number of anilines is 1. The molecule has 140 valence electrons. The maximum atomic E-state index is 12.6. The van der Waals surface area contributed by atoms with Gasteiger partial charge in [0.2, 0.25) is 5.91 Å². The molecule has 0 fully saturated rings.